The van der Waals surface area contributed by atoms with Gasteiger partial charge >= 0.3 is 5.97 Å². The molecule has 0 saturated carbocycles. The van der Waals surface area contributed by atoms with Crippen LogP contribution in [0.4, 0.5) is 5.69 Å². The van der Waals surface area contributed by atoms with Crippen molar-refractivity contribution in [1.29, 1.82) is 0 Å². The van der Waals surface area contributed by atoms with Crippen LogP contribution in [-0.2, 0) is 9.53 Å². The maximum absolute atomic E-state index is 13.9. The number of aromatic nitrogens is 1. The van der Waals surface area contributed by atoms with Gasteiger partial charge in [-0.25, -0.2) is 9.79 Å². The van der Waals surface area contributed by atoms with Gasteiger partial charge in [0.2, 0.25) is 0 Å². The number of hydrogen-bond donors (Lipinski definition) is 1. The molecule has 5 rings (SSSR count). The van der Waals surface area contributed by atoms with Crippen LogP contribution >= 0.6 is 11.3 Å². The summed E-state index contributed by atoms with van der Waals surface area (Å²) in [5.41, 5.74) is 1.26. The molecule has 1 atom stereocenters. The van der Waals surface area contributed by atoms with Crippen molar-refractivity contribution in [2.75, 3.05) is 6.61 Å². The lowest BCUT2D eigenvalue weighted by Gasteiger charge is -2.24. The van der Waals surface area contributed by atoms with Crippen LogP contribution in [0.1, 0.15) is 36.6 Å². The molecule has 4 aromatic rings. The number of nitrogens with zero attached hydrogens (tertiary/aromatic N) is 3. The molecule has 10 heteroatoms. The maximum atomic E-state index is 13.9. The van der Waals surface area contributed by atoms with E-state index in [9.17, 15) is 24.8 Å². The molecule has 192 valence electrons. The van der Waals surface area contributed by atoms with Crippen molar-refractivity contribution in [2.24, 2.45) is 4.99 Å². The maximum Gasteiger partial charge on any atom is 0.338 e. The molecule has 0 unspecified atom stereocenters. The summed E-state index contributed by atoms with van der Waals surface area (Å²) in [6.07, 6.45) is 1.61. The van der Waals surface area contributed by atoms with Gasteiger partial charge in [-0.05, 0) is 49.2 Å². The molecule has 0 bridgehead atoms. The number of allylic oxidation sites excluding steroid dienone is 1. The molecule has 3 aromatic carbocycles. The largest absolute Gasteiger partial charge is 0.507 e. The second-order valence-electron chi connectivity index (χ2n) is 8.82. The molecule has 1 N–H and O–H groups in total. The van der Waals surface area contributed by atoms with E-state index in [2.05, 4.69) is 4.99 Å². The first-order chi connectivity index (χ1) is 18.2. The standard InChI is InChI=1S/C28H23N3O6S/c1-4-37-27(34)24-16(3)29-28-30(25(24)18-10-9-15(2)21(13-18)31(35)36)26(33)23(38-28)14-20-19-8-6-5-7-17(19)11-12-22(20)32/h5-14,25,32H,4H2,1-3H3/b23-14+/t25-/m1/s1. The molecule has 9 nitrogen and oxygen atoms in total. The van der Waals surface area contributed by atoms with Crippen molar-refractivity contribution < 1.29 is 19.6 Å². The van der Waals surface area contributed by atoms with Crippen LogP contribution in [0.15, 0.2) is 75.7 Å². The lowest BCUT2D eigenvalue weighted by atomic mass is 9.94. The monoisotopic (exact) mass is 529 g/mol. The SMILES string of the molecule is CCOC(=O)C1=C(C)N=c2s/c(=C/c3c(O)ccc4ccccc34)c(=O)n2[C@@H]1c1ccc(C)c([N+](=O)[O-])c1. The van der Waals surface area contributed by atoms with Crippen LogP contribution in [0, 0.1) is 17.0 Å². The molecule has 38 heavy (non-hydrogen) atoms. The molecule has 1 aliphatic heterocycles. The second-order valence-corrected chi connectivity index (χ2v) is 9.83. The number of thiazole rings is 1. The third-order valence-electron chi connectivity index (χ3n) is 6.49. The Bertz CT molecular complexity index is 1850. The molecule has 0 saturated heterocycles. The lowest BCUT2D eigenvalue weighted by Crippen LogP contribution is -2.40. The van der Waals surface area contributed by atoms with Gasteiger partial charge in [0.25, 0.3) is 11.2 Å². The van der Waals surface area contributed by atoms with Gasteiger partial charge in [0.1, 0.15) is 5.75 Å². The van der Waals surface area contributed by atoms with E-state index in [-0.39, 0.29) is 23.6 Å². The first kappa shape index (κ1) is 25.1. The van der Waals surface area contributed by atoms with E-state index in [0.29, 0.717) is 31.7 Å². The number of aromatic hydroxyl groups is 1. The highest BCUT2D eigenvalue weighted by Gasteiger charge is 2.34. The number of nitro benzene ring substituents is 1. The number of phenolic OH excluding ortho intramolecular Hbond substituents is 1. The second kappa shape index (κ2) is 9.71. The Morgan fingerprint density at radius 3 is 2.71 bits per heavy atom. The van der Waals surface area contributed by atoms with Crippen LogP contribution < -0.4 is 14.9 Å². The van der Waals surface area contributed by atoms with E-state index in [1.165, 1.54) is 10.6 Å². The van der Waals surface area contributed by atoms with Crippen LogP contribution in [0.3, 0.4) is 0 Å². The summed E-state index contributed by atoms with van der Waals surface area (Å²) in [5, 5.41) is 24.0. The van der Waals surface area contributed by atoms with Gasteiger partial charge in [-0.1, -0.05) is 53.8 Å². The van der Waals surface area contributed by atoms with Crippen LogP contribution in [0.25, 0.3) is 16.8 Å². The molecule has 1 aliphatic rings. The molecule has 1 aromatic heterocycles. The summed E-state index contributed by atoms with van der Waals surface area (Å²) in [6.45, 7) is 5.05. The Kier molecular flexibility index (Phi) is 6.41. The average molecular weight is 530 g/mol. The predicted octanol–water partition coefficient (Wildman–Crippen LogP) is 3.87. The van der Waals surface area contributed by atoms with Crippen molar-refractivity contribution in [3.63, 3.8) is 0 Å². The number of rotatable bonds is 5. The van der Waals surface area contributed by atoms with Gasteiger partial charge in [0.15, 0.2) is 4.80 Å². The highest BCUT2D eigenvalue weighted by molar-refractivity contribution is 7.07. The first-order valence-electron chi connectivity index (χ1n) is 11.9. The smallest absolute Gasteiger partial charge is 0.338 e. The minimum atomic E-state index is -0.979. The molecule has 2 heterocycles. The number of fused-ring (bicyclic) bond motifs is 2. The first-order valence-corrected chi connectivity index (χ1v) is 12.7. The zero-order valence-electron chi connectivity index (χ0n) is 20.8. The average Bonchev–Trinajstić information content (AvgIpc) is 3.19. The van der Waals surface area contributed by atoms with E-state index >= 15 is 0 Å². The molecule has 0 radical (unpaired) electrons. The van der Waals surface area contributed by atoms with Crippen LogP contribution in [-0.4, -0.2) is 27.2 Å². The minimum absolute atomic E-state index is 0.0173. The van der Waals surface area contributed by atoms with E-state index in [1.54, 1.807) is 51.1 Å². The number of aryl methyl sites for hydroxylation is 1. The van der Waals surface area contributed by atoms with Gasteiger partial charge in [-0.2, -0.15) is 0 Å². The number of hydrogen-bond acceptors (Lipinski definition) is 8. The highest BCUT2D eigenvalue weighted by Crippen LogP contribution is 2.33. The molecule has 0 amide bonds. The predicted molar refractivity (Wildman–Crippen MR) is 144 cm³/mol. The summed E-state index contributed by atoms with van der Waals surface area (Å²) in [5.74, 6) is -0.633. The Balaban J connectivity index is 1.80. The molecule has 0 spiro atoms. The number of carbonyl (C=O) groups excluding carboxylic acids is 1. The van der Waals surface area contributed by atoms with E-state index in [1.807, 2.05) is 24.3 Å². The van der Waals surface area contributed by atoms with Crippen LogP contribution in [0.5, 0.6) is 5.75 Å². The Morgan fingerprint density at radius 2 is 1.97 bits per heavy atom. The molecule has 0 fully saturated rings. The fourth-order valence-electron chi connectivity index (χ4n) is 4.67. The Labute approximate surface area is 220 Å². The van der Waals surface area contributed by atoms with Crippen molar-refractivity contribution >= 4 is 39.8 Å². The number of phenols is 1. The molecular weight excluding hydrogens is 506 g/mol. The topological polar surface area (TPSA) is 124 Å². The number of nitro groups is 1. The van der Waals surface area contributed by atoms with Crippen molar-refractivity contribution in [1.82, 2.24) is 4.57 Å². The summed E-state index contributed by atoms with van der Waals surface area (Å²) >= 11 is 1.11. The lowest BCUT2D eigenvalue weighted by molar-refractivity contribution is -0.385. The van der Waals surface area contributed by atoms with E-state index in [4.69, 9.17) is 4.74 Å². The highest BCUT2D eigenvalue weighted by atomic mass is 32.1. The minimum Gasteiger partial charge on any atom is -0.507 e. The molecule has 0 aliphatic carbocycles. The third kappa shape index (κ3) is 4.18. The fourth-order valence-corrected chi connectivity index (χ4v) is 5.70. The summed E-state index contributed by atoms with van der Waals surface area (Å²) in [6, 6.07) is 14.5. The van der Waals surface area contributed by atoms with Crippen LogP contribution in [0.2, 0.25) is 0 Å². The van der Waals surface area contributed by atoms with Crippen molar-refractivity contribution in [2.45, 2.75) is 26.8 Å². The quantitative estimate of drug-likeness (QED) is 0.238. The Hall–Kier alpha value is -4.57. The summed E-state index contributed by atoms with van der Waals surface area (Å²) in [4.78, 5) is 43.0. The fraction of sp³-hybridized carbons (Fsp3) is 0.179. The van der Waals surface area contributed by atoms with Gasteiger partial charge in [0.05, 0.1) is 33.4 Å². The van der Waals surface area contributed by atoms with Gasteiger partial charge in [-0.3, -0.25) is 19.5 Å². The van der Waals surface area contributed by atoms with E-state index < -0.39 is 22.5 Å². The number of ether oxygens (including phenoxy) is 1. The number of carbonyl (C=O) groups is 1. The zero-order chi connectivity index (χ0) is 27.1. The van der Waals surface area contributed by atoms with Gasteiger partial charge in [0, 0.05) is 17.2 Å². The number of esters is 1. The summed E-state index contributed by atoms with van der Waals surface area (Å²) in [7, 11) is 0. The van der Waals surface area contributed by atoms with Crippen molar-refractivity contribution in [3.05, 3.63) is 112 Å². The molecular formula is C28H23N3O6S. The van der Waals surface area contributed by atoms with Gasteiger partial charge < -0.3 is 9.84 Å². The Morgan fingerprint density at radius 1 is 1.21 bits per heavy atom. The summed E-state index contributed by atoms with van der Waals surface area (Å²) < 4.78 is 6.94. The third-order valence-corrected chi connectivity index (χ3v) is 7.47. The van der Waals surface area contributed by atoms with E-state index in [0.717, 1.165) is 22.1 Å². The zero-order valence-corrected chi connectivity index (χ0v) is 21.6. The van der Waals surface area contributed by atoms with Crippen molar-refractivity contribution in [3.8, 4) is 5.75 Å². The normalized spacial score (nSPS) is 15.3. The van der Waals surface area contributed by atoms with Gasteiger partial charge in [-0.15, -0.1) is 0 Å². The number of benzene rings is 3.